The van der Waals surface area contributed by atoms with Gasteiger partial charge in [0.1, 0.15) is 10.0 Å². The highest BCUT2D eigenvalue weighted by Crippen LogP contribution is 2.32. The van der Waals surface area contributed by atoms with Crippen LogP contribution < -0.4 is 5.56 Å². The largest absolute Gasteiger partial charge is 0.304 e. The van der Waals surface area contributed by atoms with Crippen molar-refractivity contribution in [2.45, 2.75) is 13.8 Å². The first kappa shape index (κ1) is 23.3. The molecule has 30 heavy (non-hydrogen) atoms. The van der Waals surface area contributed by atoms with Crippen molar-refractivity contribution < 1.29 is 0 Å². The monoisotopic (exact) mass is 540 g/mol. The van der Waals surface area contributed by atoms with E-state index in [1.54, 1.807) is 11.0 Å². The molecule has 7 nitrogen and oxygen atoms in total. The number of halogens is 5. The van der Waals surface area contributed by atoms with E-state index in [4.69, 9.17) is 58.0 Å². The lowest BCUT2D eigenvalue weighted by Gasteiger charge is -2.01. The molecule has 4 aromatic rings. The van der Waals surface area contributed by atoms with Gasteiger partial charge in [-0.15, -0.1) is 22.7 Å². The highest BCUT2D eigenvalue weighted by atomic mass is 35.5. The van der Waals surface area contributed by atoms with Crippen molar-refractivity contribution in [3.8, 4) is 21.4 Å². The molecular formula is C16H9Cl5N6OS2. The first-order valence-corrected chi connectivity index (χ1v) is 11.5. The minimum atomic E-state index is -0.445. The van der Waals surface area contributed by atoms with Gasteiger partial charge in [0, 0.05) is 0 Å². The first-order valence-electron chi connectivity index (χ1n) is 7.83. The minimum absolute atomic E-state index is 0.00298. The predicted octanol–water partition coefficient (Wildman–Crippen LogP) is 6.38. The van der Waals surface area contributed by atoms with Crippen LogP contribution in [-0.4, -0.2) is 29.9 Å². The van der Waals surface area contributed by atoms with Gasteiger partial charge in [-0.2, -0.15) is 0 Å². The van der Waals surface area contributed by atoms with Gasteiger partial charge in [-0.05, 0) is 13.8 Å². The van der Waals surface area contributed by atoms with Gasteiger partial charge >= 0.3 is 0 Å². The molecule has 0 atom stereocenters. The maximum atomic E-state index is 11.3. The van der Waals surface area contributed by atoms with Crippen molar-refractivity contribution in [2.75, 3.05) is 0 Å². The maximum Gasteiger partial charge on any atom is 0.271 e. The summed E-state index contributed by atoms with van der Waals surface area (Å²) in [4.78, 5) is 35.7. The zero-order chi connectivity index (χ0) is 22.0. The third kappa shape index (κ3) is 5.11. The first-order chi connectivity index (χ1) is 14.2. The predicted molar refractivity (Wildman–Crippen MR) is 124 cm³/mol. The molecule has 156 valence electrons. The molecule has 14 heteroatoms. The number of nitrogens with one attached hydrogen (secondary N) is 1. The third-order valence-corrected chi connectivity index (χ3v) is 7.18. The molecular weight excluding hydrogens is 534 g/mol. The molecule has 0 radical (unpaired) electrons. The molecule has 0 aliphatic rings. The number of thiazole rings is 2. The van der Waals surface area contributed by atoms with Crippen LogP contribution in [0.3, 0.4) is 0 Å². The van der Waals surface area contributed by atoms with E-state index in [2.05, 4.69) is 29.9 Å². The molecule has 0 amide bonds. The molecule has 4 heterocycles. The quantitative estimate of drug-likeness (QED) is 0.295. The zero-order valence-electron chi connectivity index (χ0n) is 15.0. The van der Waals surface area contributed by atoms with Crippen molar-refractivity contribution in [1.29, 1.82) is 0 Å². The Balaban J connectivity index is 0.000000171. The number of aromatic nitrogens is 6. The average molecular weight is 543 g/mol. The van der Waals surface area contributed by atoms with Gasteiger partial charge < -0.3 is 4.98 Å². The second kappa shape index (κ2) is 9.86. The van der Waals surface area contributed by atoms with Crippen molar-refractivity contribution in [3.63, 3.8) is 0 Å². The molecule has 0 fully saturated rings. The zero-order valence-corrected chi connectivity index (χ0v) is 20.4. The Labute approximate surface area is 203 Å². The summed E-state index contributed by atoms with van der Waals surface area (Å²) in [6.45, 7) is 3.69. The summed E-state index contributed by atoms with van der Waals surface area (Å²) in [6, 6.07) is 0. The molecule has 0 bridgehead atoms. The summed E-state index contributed by atoms with van der Waals surface area (Å²) in [5.74, 6) is 0.851. The Kier molecular flexibility index (Phi) is 7.67. The Bertz CT molecular complexity index is 1250. The second-order valence-corrected chi connectivity index (χ2v) is 9.04. The van der Waals surface area contributed by atoms with Gasteiger partial charge in [-0.25, -0.2) is 24.9 Å². The Morgan fingerprint density at radius 1 is 0.767 bits per heavy atom. The molecule has 1 N–H and O–H groups in total. The maximum absolute atomic E-state index is 11.3. The van der Waals surface area contributed by atoms with Crippen LogP contribution in [0.1, 0.15) is 11.4 Å². The second-order valence-electron chi connectivity index (χ2n) is 5.50. The van der Waals surface area contributed by atoms with Crippen LogP contribution in [0.5, 0.6) is 0 Å². The van der Waals surface area contributed by atoms with Gasteiger partial charge in [0.25, 0.3) is 5.56 Å². The van der Waals surface area contributed by atoms with Crippen LogP contribution in [0.4, 0.5) is 0 Å². The minimum Gasteiger partial charge on any atom is -0.304 e. The van der Waals surface area contributed by atoms with Crippen LogP contribution in [0.15, 0.2) is 15.8 Å². The van der Waals surface area contributed by atoms with Crippen molar-refractivity contribution >= 4 is 80.7 Å². The van der Waals surface area contributed by atoms with Crippen LogP contribution in [0, 0.1) is 13.8 Å². The number of nitrogens with zero attached hydrogens (tertiary/aromatic N) is 5. The van der Waals surface area contributed by atoms with Gasteiger partial charge in [0.2, 0.25) is 0 Å². The molecule has 0 saturated heterocycles. The molecule has 0 unspecified atom stereocenters. The van der Waals surface area contributed by atoms with Crippen LogP contribution in [0.2, 0.25) is 25.5 Å². The summed E-state index contributed by atoms with van der Waals surface area (Å²) < 4.78 is 0. The third-order valence-electron chi connectivity index (χ3n) is 3.50. The summed E-state index contributed by atoms with van der Waals surface area (Å²) in [7, 11) is 0. The lowest BCUT2D eigenvalue weighted by molar-refractivity contribution is 1.12. The highest BCUT2D eigenvalue weighted by Gasteiger charge is 2.14. The fraction of sp³-hybridized carbons (Fsp3) is 0.125. The van der Waals surface area contributed by atoms with E-state index in [1.807, 2.05) is 13.8 Å². The lowest BCUT2D eigenvalue weighted by Crippen LogP contribution is -2.09. The molecule has 4 aromatic heterocycles. The number of aromatic amines is 1. The summed E-state index contributed by atoms with van der Waals surface area (Å²) >= 11 is 31.5. The van der Waals surface area contributed by atoms with Crippen molar-refractivity contribution in [1.82, 2.24) is 29.9 Å². The Hall–Kier alpha value is -1.33. The Morgan fingerprint density at radius 3 is 1.73 bits per heavy atom. The molecule has 0 aliphatic carbocycles. The smallest absolute Gasteiger partial charge is 0.271 e. The average Bonchev–Trinajstić information content (AvgIpc) is 3.32. The number of rotatable bonds is 2. The Morgan fingerprint density at radius 2 is 1.27 bits per heavy atom. The van der Waals surface area contributed by atoms with E-state index in [1.165, 1.54) is 22.7 Å². The molecule has 0 spiro atoms. The van der Waals surface area contributed by atoms with Crippen LogP contribution in [0.25, 0.3) is 21.4 Å². The topological polar surface area (TPSA) is 97.3 Å². The number of aryl methyl sites for hydroxylation is 2. The van der Waals surface area contributed by atoms with E-state index < -0.39 is 5.56 Å². The summed E-state index contributed by atoms with van der Waals surface area (Å²) in [5.41, 5.74) is 4.58. The highest BCUT2D eigenvalue weighted by molar-refractivity contribution is 7.13. The molecule has 0 aromatic carbocycles. The molecule has 0 saturated carbocycles. The lowest BCUT2D eigenvalue weighted by atomic mass is 10.4. The summed E-state index contributed by atoms with van der Waals surface area (Å²) in [5, 5.41) is 0.383. The fourth-order valence-electron chi connectivity index (χ4n) is 2.08. The van der Waals surface area contributed by atoms with E-state index in [9.17, 15) is 4.79 Å². The van der Waals surface area contributed by atoms with Crippen LogP contribution in [-0.2, 0) is 0 Å². The van der Waals surface area contributed by atoms with Gasteiger partial charge in [0.05, 0.1) is 32.2 Å². The normalized spacial score (nSPS) is 10.6. The number of hydrogen-bond acceptors (Lipinski definition) is 8. The standard InChI is InChI=1S/C8H4Cl3N3S.C8H5Cl2N3OS/c1-3-5(15-2-12-3)8-13-6(10)4(9)7(11)14-8;1-3-5(15-2-11-3)7-12-6(10)4(9)8(14)13-7/h2H,1H3;2H,1H3,(H,12,13,14). The van der Waals surface area contributed by atoms with E-state index in [0.717, 1.165) is 21.1 Å². The van der Waals surface area contributed by atoms with Crippen molar-refractivity contribution in [2.24, 2.45) is 0 Å². The molecule has 0 aliphatic heterocycles. The fourth-order valence-corrected chi connectivity index (χ4v) is 4.30. The van der Waals surface area contributed by atoms with Gasteiger partial charge in [0.15, 0.2) is 27.1 Å². The molecule has 4 rings (SSSR count). The van der Waals surface area contributed by atoms with Gasteiger partial charge in [-0.3, -0.25) is 4.79 Å². The number of H-pyrrole nitrogens is 1. The van der Waals surface area contributed by atoms with Gasteiger partial charge in [-0.1, -0.05) is 58.0 Å². The van der Waals surface area contributed by atoms with E-state index >= 15 is 0 Å². The van der Waals surface area contributed by atoms with E-state index in [0.29, 0.717) is 11.6 Å². The van der Waals surface area contributed by atoms with E-state index in [-0.39, 0.29) is 25.5 Å². The van der Waals surface area contributed by atoms with Crippen LogP contribution >= 0.6 is 80.7 Å². The SMILES string of the molecule is Cc1ncsc1-c1nc(Cl)c(Cl)c(=O)[nH]1.Cc1ncsc1-c1nc(Cl)c(Cl)c(Cl)n1. The number of hydrogen-bond donors (Lipinski definition) is 1. The summed E-state index contributed by atoms with van der Waals surface area (Å²) in [6.07, 6.45) is 0. The van der Waals surface area contributed by atoms with Crippen molar-refractivity contribution in [3.05, 3.63) is 58.3 Å².